The predicted octanol–water partition coefficient (Wildman–Crippen LogP) is 2.31. The fourth-order valence-corrected chi connectivity index (χ4v) is 1.39. The summed E-state index contributed by atoms with van der Waals surface area (Å²) in [5, 5.41) is 0. The highest BCUT2D eigenvalue weighted by atomic mass is 19.1. The number of ether oxygens (including phenoxy) is 1. The lowest BCUT2D eigenvalue weighted by molar-refractivity contribution is 0.456. The molecule has 5 nitrogen and oxygen atoms in total. The van der Waals surface area contributed by atoms with Crippen molar-refractivity contribution in [1.82, 2.24) is 9.97 Å². The van der Waals surface area contributed by atoms with E-state index >= 15 is 0 Å². The fraction of sp³-hybridized carbons (Fsp3) is 0.167. The zero-order valence-electron chi connectivity index (χ0n) is 10.1. The van der Waals surface area contributed by atoms with Crippen LogP contribution in [0.25, 0.3) is 0 Å². The normalized spacial score (nSPS) is 10.2. The van der Waals surface area contributed by atoms with Crippen molar-refractivity contribution in [2.75, 3.05) is 5.43 Å². The molecule has 0 spiro atoms. The van der Waals surface area contributed by atoms with Crippen LogP contribution in [0.3, 0.4) is 0 Å². The maximum atomic E-state index is 13.1. The van der Waals surface area contributed by atoms with E-state index in [4.69, 9.17) is 10.6 Å². The van der Waals surface area contributed by atoms with E-state index in [0.717, 1.165) is 5.56 Å². The number of hydrazine groups is 1. The Morgan fingerprint density at radius 3 is 2.72 bits per heavy atom. The zero-order chi connectivity index (χ0) is 13.1. The summed E-state index contributed by atoms with van der Waals surface area (Å²) < 4.78 is 18.7. The third-order valence-corrected chi connectivity index (χ3v) is 2.40. The van der Waals surface area contributed by atoms with E-state index < -0.39 is 0 Å². The number of anilines is 1. The average Bonchev–Trinajstić information content (AvgIpc) is 2.36. The highest BCUT2D eigenvalue weighted by Gasteiger charge is 2.07. The number of nitrogens with zero attached hydrogens (tertiary/aromatic N) is 2. The van der Waals surface area contributed by atoms with E-state index in [1.165, 1.54) is 6.07 Å². The number of rotatable bonds is 3. The second-order valence-corrected chi connectivity index (χ2v) is 3.84. The van der Waals surface area contributed by atoms with E-state index in [1.807, 2.05) is 6.92 Å². The van der Waals surface area contributed by atoms with Gasteiger partial charge in [-0.2, -0.15) is 4.98 Å². The second-order valence-electron chi connectivity index (χ2n) is 3.84. The third kappa shape index (κ3) is 2.54. The minimum atomic E-state index is -0.272. The molecule has 0 amide bonds. The Kier molecular flexibility index (Phi) is 3.38. The van der Waals surface area contributed by atoms with Crippen LogP contribution < -0.4 is 16.0 Å². The summed E-state index contributed by atoms with van der Waals surface area (Å²) in [6, 6.07) is 4.50. The minimum absolute atomic E-state index is 0.259. The fourth-order valence-electron chi connectivity index (χ4n) is 1.39. The van der Waals surface area contributed by atoms with Crippen molar-refractivity contribution >= 4 is 5.95 Å². The van der Waals surface area contributed by atoms with Gasteiger partial charge in [-0.1, -0.05) is 0 Å². The van der Waals surface area contributed by atoms with Crippen molar-refractivity contribution < 1.29 is 9.13 Å². The highest BCUT2D eigenvalue weighted by molar-refractivity contribution is 5.36. The van der Waals surface area contributed by atoms with E-state index in [1.54, 1.807) is 25.3 Å². The van der Waals surface area contributed by atoms with Crippen LogP contribution in [0.1, 0.15) is 11.1 Å². The Morgan fingerprint density at radius 1 is 1.28 bits per heavy atom. The molecule has 0 bridgehead atoms. The Bertz CT molecular complexity index is 574. The van der Waals surface area contributed by atoms with E-state index in [-0.39, 0.29) is 11.8 Å². The molecular formula is C12H13FN4O. The number of halogens is 1. The molecule has 0 atom stereocenters. The third-order valence-electron chi connectivity index (χ3n) is 2.40. The first kappa shape index (κ1) is 12.3. The number of aromatic nitrogens is 2. The Labute approximate surface area is 104 Å². The largest absolute Gasteiger partial charge is 0.439 e. The maximum Gasteiger partial charge on any atom is 0.240 e. The van der Waals surface area contributed by atoms with Gasteiger partial charge in [-0.05, 0) is 37.6 Å². The average molecular weight is 248 g/mol. The van der Waals surface area contributed by atoms with Gasteiger partial charge >= 0.3 is 0 Å². The van der Waals surface area contributed by atoms with E-state index in [0.29, 0.717) is 17.2 Å². The quantitative estimate of drug-likeness (QED) is 0.644. The van der Waals surface area contributed by atoms with E-state index in [9.17, 15) is 4.39 Å². The molecule has 1 aromatic heterocycles. The van der Waals surface area contributed by atoms with Gasteiger partial charge in [0.05, 0.1) is 0 Å². The van der Waals surface area contributed by atoms with Crippen molar-refractivity contribution in [2.24, 2.45) is 5.84 Å². The van der Waals surface area contributed by atoms with Gasteiger partial charge in [0.1, 0.15) is 11.6 Å². The van der Waals surface area contributed by atoms with Crippen molar-refractivity contribution in [2.45, 2.75) is 13.8 Å². The topological polar surface area (TPSA) is 73.1 Å². The van der Waals surface area contributed by atoms with Crippen LogP contribution >= 0.6 is 0 Å². The summed E-state index contributed by atoms with van der Waals surface area (Å²) in [5.41, 5.74) is 3.61. The number of nitrogen functional groups attached to an aromatic ring is 1. The Hall–Kier alpha value is -2.21. The summed E-state index contributed by atoms with van der Waals surface area (Å²) in [6.45, 7) is 3.48. The van der Waals surface area contributed by atoms with Crippen LogP contribution in [0.4, 0.5) is 10.3 Å². The molecule has 0 aliphatic heterocycles. The van der Waals surface area contributed by atoms with Gasteiger partial charge in [0.2, 0.25) is 11.8 Å². The Balaban J connectivity index is 2.30. The van der Waals surface area contributed by atoms with Crippen molar-refractivity contribution in [3.63, 3.8) is 0 Å². The lowest BCUT2D eigenvalue weighted by Gasteiger charge is -2.09. The number of nitrogens with two attached hydrogens (primary N) is 1. The summed E-state index contributed by atoms with van der Waals surface area (Å²) in [4.78, 5) is 8.02. The molecule has 18 heavy (non-hydrogen) atoms. The lowest BCUT2D eigenvalue weighted by Crippen LogP contribution is -2.11. The smallest absolute Gasteiger partial charge is 0.240 e. The van der Waals surface area contributed by atoms with E-state index in [2.05, 4.69) is 15.4 Å². The van der Waals surface area contributed by atoms with Gasteiger partial charge in [0, 0.05) is 11.8 Å². The first-order valence-corrected chi connectivity index (χ1v) is 5.34. The molecule has 6 heteroatoms. The van der Waals surface area contributed by atoms with Crippen LogP contribution in [0.15, 0.2) is 24.4 Å². The highest BCUT2D eigenvalue weighted by Crippen LogP contribution is 2.24. The van der Waals surface area contributed by atoms with Gasteiger partial charge in [0.25, 0.3) is 0 Å². The molecule has 94 valence electrons. The molecule has 0 saturated carbocycles. The first-order chi connectivity index (χ1) is 8.60. The molecule has 3 N–H and O–H groups in total. The maximum absolute atomic E-state index is 13.1. The molecule has 0 radical (unpaired) electrons. The molecule has 0 saturated heterocycles. The van der Waals surface area contributed by atoms with Gasteiger partial charge < -0.3 is 4.74 Å². The molecule has 1 heterocycles. The molecule has 0 aliphatic carbocycles. The van der Waals surface area contributed by atoms with Crippen molar-refractivity contribution in [3.8, 4) is 11.6 Å². The second kappa shape index (κ2) is 4.97. The van der Waals surface area contributed by atoms with Gasteiger partial charge in [0.15, 0.2) is 0 Å². The number of aryl methyl sites for hydroxylation is 2. The van der Waals surface area contributed by atoms with Crippen LogP contribution in [0.5, 0.6) is 11.6 Å². The standard InChI is InChI=1S/C12H13FN4O/c1-7-5-9(3-4-10(7)13)18-11-8(2)6-15-12(16-11)17-14/h3-6H,14H2,1-2H3,(H,15,16,17). The van der Waals surface area contributed by atoms with Crippen LogP contribution in [0.2, 0.25) is 0 Å². The summed E-state index contributed by atoms with van der Waals surface area (Å²) in [7, 11) is 0. The molecule has 0 unspecified atom stereocenters. The molecule has 2 rings (SSSR count). The molecule has 0 fully saturated rings. The van der Waals surface area contributed by atoms with Crippen LogP contribution in [-0.4, -0.2) is 9.97 Å². The van der Waals surface area contributed by atoms with Crippen LogP contribution in [-0.2, 0) is 0 Å². The van der Waals surface area contributed by atoms with Crippen molar-refractivity contribution in [1.29, 1.82) is 0 Å². The first-order valence-electron chi connectivity index (χ1n) is 5.34. The van der Waals surface area contributed by atoms with Crippen LogP contribution in [0, 0.1) is 19.7 Å². The number of benzene rings is 1. The number of hydrogen-bond acceptors (Lipinski definition) is 5. The minimum Gasteiger partial charge on any atom is -0.439 e. The summed E-state index contributed by atoms with van der Waals surface area (Å²) in [5.74, 6) is 6.10. The Morgan fingerprint density at radius 2 is 2.06 bits per heavy atom. The molecular weight excluding hydrogens is 235 g/mol. The predicted molar refractivity (Wildman–Crippen MR) is 65.8 cm³/mol. The molecule has 0 aliphatic rings. The lowest BCUT2D eigenvalue weighted by atomic mass is 10.2. The van der Waals surface area contributed by atoms with Gasteiger partial charge in [-0.25, -0.2) is 15.2 Å². The van der Waals surface area contributed by atoms with Gasteiger partial charge in [-0.15, -0.1) is 0 Å². The molecule has 2 aromatic rings. The summed E-state index contributed by atoms with van der Waals surface area (Å²) >= 11 is 0. The number of nitrogens with one attached hydrogen (secondary N) is 1. The SMILES string of the molecule is Cc1cc(Oc2nc(NN)ncc2C)ccc1F. The molecule has 1 aromatic carbocycles. The van der Waals surface area contributed by atoms with Crippen molar-refractivity contribution in [3.05, 3.63) is 41.3 Å². The van der Waals surface area contributed by atoms with Gasteiger partial charge in [-0.3, -0.25) is 5.43 Å². The monoisotopic (exact) mass is 248 g/mol. The number of hydrogen-bond donors (Lipinski definition) is 2. The zero-order valence-corrected chi connectivity index (χ0v) is 10.1. The summed E-state index contributed by atoms with van der Waals surface area (Å²) in [6.07, 6.45) is 1.59.